The average Bonchev–Trinajstić information content (AvgIpc) is 3.14. The molecule has 1 aromatic rings. The van der Waals surface area contributed by atoms with Crippen molar-refractivity contribution in [2.45, 2.75) is 38.4 Å². The molecule has 0 unspecified atom stereocenters. The first-order valence-corrected chi connectivity index (χ1v) is 8.26. The number of rotatable bonds is 5. The molecule has 8 heteroatoms. The predicted molar refractivity (Wildman–Crippen MR) is 86.7 cm³/mol. The number of hydroxylamine groups is 1. The summed E-state index contributed by atoms with van der Waals surface area (Å²) in [6, 6.07) is 4.52. The molecule has 0 aromatic heterocycles. The van der Waals surface area contributed by atoms with Crippen molar-refractivity contribution in [2.24, 2.45) is 0 Å². The Labute approximate surface area is 139 Å². The zero-order chi connectivity index (χ0) is 16.9. The Morgan fingerprint density at radius 2 is 2.08 bits per heavy atom. The van der Waals surface area contributed by atoms with E-state index in [0.29, 0.717) is 18.7 Å². The van der Waals surface area contributed by atoms with E-state index in [4.69, 9.17) is 9.57 Å². The fourth-order valence-electron chi connectivity index (χ4n) is 3.02. The fraction of sp³-hybridized carbons (Fsp3) is 0.562. The first kappa shape index (κ1) is 16.7. The summed E-state index contributed by atoms with van der Waals surface area (Å²) in [5, 5.41) is 11.4. The van der Waals surface area contributed by atoms with Gasteiger partial charge in [0.05, 0.1) is 4.92 Å². The molecule has 2 heterocycles. The molecule has 1 amide bonds. The number of amides is 1. The van der Waals surface area contributed by atoms with E-state index >= 15 is 0 Å². The van der Waals surface area contributed by atoms with Crippen LogP contribution in [0.2, 0.25) is 0 Å². The number of carbonyl (C=O) groups excluding carboxylic acids is 1. The second-order valence-corrected chi connectivity index (χ2v) is 6.00. The smallest absolute Gasteiger partial charge is 0.293 e. The molecule has 2 aliphatic heterocycles. The van der Waals surface area contributed by atoms with Gasteiger partial charge >= 0.3 is 0 Å². The highest BCUT2D eigenvalue weighted by atomic mass is 16.8. The maximum atomic E-state index is 12.2. The van der Waals surface area contributed by atoms with Gasteiger partial charge in [0.15, 0.2) is 6.29 Å². The maximum Gasteiger partial charge on any atom is 0.293 e. The summed E-state index contributed by atoms with van der Waals surface area (Å²) in [5.41, 5.74) is 3.02. The summed E-state index contributed by atoms with van der Waals surface area (Å²) >= 11 is 0. The molecule has 2 aliphatic rings. The number of hydrogen-bond acceptors (Lipinski definition) is 6. The van der Waals surface area contributed by atoms with E-state index in [1.54, 1.807) is 12.1 Å². The molecule has 1 N–H and O–H groups in total. The zero-order valence-electron chi connectivity index (χ0n) is 13.4. The minimum absolute atomic E-state index is 0.0570. The zero-order valence-corrected chi connectivity index (χ0v) is 13.4. The highest BCUT2D eigenvalue weighted by Gasteiger charge is 2.24. The van der Waals surface area contributed by atoms with Gasteiger partial charge in [-0.15, -0.1) is 0 Å². The van der Waals surface area contributed by atoms with E-state index < -0.39 is 17.1 Å². The van der Waals surface area contributed by atoms with Crippen LogP contribution in [0.15, 0.2) is 18.2 Å². The monoisotopic (exact) mass is 335 g/mol. The number of carbonyl (C=O) groups is 1. The maximum absolute atomic E-state index is 12.2. The van der Waals surface area contributed by atoms with Gasteiger partial charge in [0, 0.05) is 37.7 Å². The Balaban J connectivity index is 1.69. The highest BCUT2D eigenvalue weighted by Crippen LogP contribution is 2.31. The molecule has 1 atom stereocenters. The average molecular weight is 335 g/mol. The van der Waals surface area contributed by atoms with Gasteiger partial charge < -0.3 is 9.64 Å². The molecule has 8 nitrogen and oxygen atoms in total. The Kier molecular flexibility index (Phi) is 5.27. The van der Waals surface area contributed by atoms with E-state index in [-0.39, 0.29) is 11.3 Å². The number of benzene rings is 1. The van der Waals surface area contributed by atoms with Gasteiger partial charge in [-0.2, -0.15) is 0 Å². The van der Waals surface area contributed by atoms with Crippen molar-refractivity contribution in [1.82, 2.24) is 5.48 Å². The van der Waals surface area contributed by atoms with Crippen LogP contribution < -0.4 is 10.4 Å². The summed E-state index contributed by atoms with van der Waals surface area (Å²) in [6.45, 7) is 2.21. The molecule has 2 fully saturated rings. The standard InChI is InChI=1S/C16H21N3O5/c20-16(17-24-15-5-1-4-10-23-15)12-6-7-13(14(11-12)19(21)22)18-8-2-3-9-18/h6-7,11,15H,1-5,8-10H2,(H,17,20)/t15-/m1/s1. The molecule has 3 rings (SSSR count). The molecule has 0 radical (unpaired) electrons. The van der Waals surface area contributed by atoms with Crippen LogP contribution in [0.25, 0.3) is 0 Å². The summed E-state index contributed by atoms with van der Waals surface area (Å²) in [7, 11) is 0. The Bertz CT molecular complexity index is 610. The van der Waals surface area contributed by atoms with Crippen LogP contribution in [0, 0.1) is 10.1 Å². The number of hydrogen-bond donors (Lipinski definition) is 1. The van der Waals surface area contributed by atoms with Gasteiger partial charge in [-0.25, -0.2) is 10.3 Å². The van der Waals surface area contributed by atoms with E-state index in [0.717, 1.165) is 38.8 Å². The van der Waals surface area contributed by atoms with E-state index in [9.17, 15) is 14.9 Å². The normalized spacial score (nSPS) is 20.8. The minimum atomic E-state index is -0.514. The number of nitro benzene ring substituents is 1. The number of anilines is 1. The molecule has 1 aromatic carbocycles. The van der Waals surface area contributed by atoms with Gasteiger partial charge in [-0.3, -0.25) is 14.9 Å². The van der Waals surface area contributed by atoms with Crippen molar-refractivity contribution in [3.63, 3.8) is 0 Å². The van der Waals surface area contributed by atoms with Crippen LogP contribution >= 0.6 is 0 Å². The van der Waals surface area contributed by atoms with Crippen molar-refractivity contribution in [1.29, 1.82) is 0 Å². The molecular formula is C16H21N3O5. The fourth-order valence-corrected chi connectivity index (χ4v) is 3.02. The first-order chi connectivity index (χ1) is 11.6. The number of nitrogens with zero attached hydrogens (tertiary/aromatic N) is 2. The third-order valence-corrected chi connectivity index (χ3v) is 4.30. The lowest BCUT2D eigenvalue weighted by Gasteiger charge is -2.22. The number of nitro groups is 1. The second kappa shape index (κ2) is 7.59. The van der Waals surface area contributed by atoms with Gasteiger partial charge in [0.25, 0.3) is 11.6 Å². The van der Waals surface area contributed by atoms with Crippen LogP contribution in [0.4, 0.5) is 11.4 Å². The van der Waals surface area contributed by atoms with Crippen molar-refractivity contribution in [3.8, 4) is 0 Å². The molecular weight excluding hydrogens is 314 g/mol. The van der Waals surface area contributed by atoms with Crippen molar-refractivity contribution in [3.05, 3.63) is 33.9 Å². The van der Waals surface area contributed by atoms with Crippen LogP contribution in [0.5, 0.6) is 0 Å². The lowest BCUT2D eigenvalue weighted by molar-refractivity contribution is -0.384. The molecule has 0 spiro atoms. The van der Waals surface area contributed by atoms with Crippen LogP contribution in [-0.2, 0) is 9.57 Å². The Morgan fingerprint density at radius 3 is 2.75 bits per heavy atom. The number of ether oxygens (including phenoxy) is 1. The minimum Gasteiger partial charge on any atom is -0.366 e. The lowest BCUT2D eigenvalue weighted by Crippen LogP contribution is -2.33. The van der Waals surface area contributed by atoms with Gasteiger partial charge in [0.2, 0.25) is 0 Å². The third kappa shape index (κ3) is 3.82. The molecule has 24 heavy (non-hydrogen) atoms. The summed E-state index contributed by atoms with van der Waals surface area (Å²) in [6.07, 6.45) is 4.27. The second-order valence-electron chi connectivity index (χ2n) is 6.00. The largest absolute Gasteiger partial charge is 0.366 e. The highest BCUT2D eigenvalue weighted by molar-refractivity contribution is 5.95. The molecule has 2 saturated heterocycles. The van der Waals surface area contributed by atoms with Crippen LogP contribution in [-0.4, -0.2) is 36.8 Å². The molecule has 130 valence electrons. The Morgan fingerprint density at radius 1 is 1.29 bits per heavy atom. The summed E-state index contributed by atoms with van der Waals surface area (Å²) < 4.78 is 5.36. The third-order valence-electron chi connectivity index (χ3n) is 4.30. The molecule has 0 saturated carbocycles. The van der Waals surface area contributed by atoms with Gasteiger partial charge in [-0.05, 0) is 37.8 Å². The van der Waals surface area contributed by atoms with Crippen LogP contribution in [0.1, 0.15) is 42.5 Å². The topological polar surface area (TPSA) is 93.9 Å². The summed E-state index contributed by atoms with van der Waals surface area (Å²) in [4.78, 5) is 30.3. The van der Waals surface area contributed by atoms with Gasteiger partial charge in [-0.1, -0.05) is 0 Å². The first-order valence-electron chi connectivity index (χ1n) is 8.26. The van der Waals surface area contributed by atoms with Crippen molar-refractivity contribution >= 4 is 17.3 Å². The molecule has 0 aliphatic carbocycles. The van der Waals surface area contributed by atoms with E-state index in [1.165, 1.54) is 6.07 Å². The number of nitrogens with one attached hydrogen (secondary N) is 1. The Hall–Kier alpha value is -2.19. The molecule has 0 bridgehead atoms. The van der Waals surface area contributed by atoms with Crippen molar-refractivity contribution < 1.29 is 19.3 Å². The quantitative estimate of drug-likeness (QED) is 0.656. The van der Waals surface area contributed by atoms with Crippen molar-refractivity contribution in [2.75, 3.05) is 24.6 Å². The SMILES string of the molecule is O=C(NO[C@@H]1CCCCO1)c1ccc(N2CCCC2)c([N+](=O)[O-])c1. The van der Waals surface area contributed by atoms with E-state index in [2.05, 4.69) is 5.48 Å². The summed E-state index contributed by atoms with van der Waals surface area (Å²) in [5.74, 6) is -0.514. The van der Waals surface area contributed by atoms with E-state index in [1.807, 2.05) is 4.90 Å². The van der Waals surface area contributed by atoms with Gasteiger partial charge in [0.1, 0.15) is 5.69 Å². The lowest BCUT2D eigenvalue weighted by atomic mass is 10.1. The van der Waals surface area contributed by atoms with Crippen LogP contribution in [0.3, 0.4) is 0 Å². The predicted octanol–water partition coefficient (Wildman–Crippen LogP) is 2.38.